The zero-order valence-electron chi connectivity index (χ0n) is 23.7. The fraction of sp³-hybridized carbons (Fsp3) is 0.714. The Kier molecular flexibility index (Phi) is 20.5. The first-order valence-corrected chi connectivity index (χ1v) is 14.4. The van der Waals surface area contributed by atoms with E-state index >= 15 is 0 Å². The number of thioether (sulfide) groups is 1. The lowest BCUT2D eigenvalue weighted by Gasteiger charge is -2.26. The molecule has 9 nitrogen and oxygen atoms in total. The molecule has 0 aromatic heterocycles. The number of hydrogen-bond acceptors (Lipinski definition) is 10. The van der Waals surface area contributed by atoms with Crippen molar-refractivity contribution in [1.29, 1.82) is 0 Å². The normalized spacial score (nSPS) is 12.0. The van der Waals surface area contributed by atoms with Crippen LogP contribution in [0.2, 0.25) is 0 Å². The third kappa shape index (κ3) is 19.9. The van der Waals surface area contributed by atoms with Crippen molar-refractivity contribution in [2.24, 2.45) is 5.92 Å². The molecule has 1 atom stereocenters. The molecule has 0 heterocycles. The van der Waals surface area contributed by atoms with Gasteiger partial charge in [0.15, 0.2) is 0 Å². The van der Waals surface area contributed by atoms with Crippen molar-refractivity contribution in [3.63, 3.8) is 0 Å². The van der Waals surface area contributed by atoms with E-state index in [4.69, 9.17) is 18.9 Å². The molecule has 0 aromatic carbocycles. The third-order valence-electron chi connectivity index (χ3n) is 5.56. The van der Waals surface area contributed by atoms with Crippen LogP contribution in [-0.2, 0) is 38.1 Å². The van der Waals surface area contributed by atoms with E-state index in [1.165, 1.54) is 0 Å². The van der Waals surface area contributed by atoms with Gasteiger partial charge in [-0.1, -0.05) is 33.4 Å². The van der Waals surface area contributed by atoms with Crippen molar-refractivity contribution in [2.45, 2.75) is 65.4 Å². The third-order valence-corrected chi connectivity index (χ3v) is 6.61. The number of carbonyl (C=O) groups excluding carboxylic acids is 4. The molecule has 218 valence electrons. The quantitative estimate of drug-likeness (QED) is 0.0748. The van der Waals surface area contributed by atoms with E-state index in [0.29, 0.717) is 25.9 Å². The van der Waals surface area contributed by atoms with Crippen LogP contribution in [0, 0.1) is 5.92 Å². The molecule has 0 saturated heterocycles. The van der Waals surface area contributed by atoms with Crippen LogP contribution in [0.4, 0.5) is 0 Å². The maximum absolute atomic E-state index is 12.6. The second-order valence-electron chi connectivity index (χ2n) is 9.48. The molecule has 0 saturated carbocycles. The molecule has 0 aromatic rings. The van der Waals surface area contributed by atoms with Gasteiger partial charge in [-0.3, -0.25) is 9.59 Å². The van der Waals surface area contributed by atoms with Gasteiger partial charge in [0.05, 0.1) is 26.2 Å². The standard InChI is InChI=1S/C28H47NO8S/c1-7-10-20-38-21-16-29(14-11-24(30)23(4)22-34-18-19-36-26(32)9-3)15-12-27(33)37-28(5,6)13-17-35-25(31)8-2/h8-9,23H,2-3,7,10-22H2,1,4-6H3. The number of carbonyl (C=O) groups is 4. The Bertz CT molecular complexity index is 740. The van der Waals surface area contributed by atoms with E-state index in [-0.39, 0.29) is 50.5 Å². The van der Waals surface area contributed by atoms with Crippen molar-refractivity contribution < 1.29 is 38.1 Å². The number of unbranched alkanes of at least 4 members (excludes halogenated alkanes) is 1. The van der Waals surface area contributed by atoms with Gasteiger partial charge in [0, 0.05) is 56.3 Å². The van der Waals surface area contributed by atoms with E-state index < -0.39 is 17.5 Å². The maximum Gasteiger partial charge on any atom is 0.330 e. The zero-order valence-corrected chi connectivity index (χ0v) is 24.5. The number of Topliss-reactive ketones (excluding diaryl/α,β-unsaturated/α-hetero) is 1. The second kappa shape index (κ2) is 21.7. The zero-order chi connectivity index (χ0) is 28.8. The van der Waals surface area contributed by atoms with Crippen LogP contribution < -0.4 is 0 Å². The molecule has 0 spiro atoms. The number of ketones is 1. The topological polar surface area (TPSA) is 108 Å². The van der Waals surface area contributed by atoms with E-state index in [1.54, 1.807) is 13.8 Å². The van der Waals surface area contributed by atoms with Crippen LogP contribution in [0.15, 0.2) is 25.3 Å². The number of nitrogens with zero attached hydrogens (tertiary/aromatic N) is 1. The Morgan fingerprint density at radius 3 is 2.18 bits per heavy atom. The summed E-state index contributed by atoms with van der Waals surface area (Å²) in [7, 11) is 0. The Morgan fingerprint density at radius 1 is 0.921 bits per heavy atom. The van der Waals surface area contributed by atoms with Crippen molar-refractivity contribution in [2.75, 3.05) is 57.6 Å². The minimum absolute atomic E-state index is 0.0782. The van der Waals surface area contributed by atoms with E-state index in [9.17, 15) is 19.2 Å². The lowest BCUT2D eigenvalue weighted by molar-refractivity contribution is -0.159. The molecule has 0 amide bonds. The van der Waals surface area contributed by atoms with Crippen LogP contribution in [0.5, 0.6) is 0 Å². The monoisotopic (exact) mass is 557 g/mol. The molecule has 0 rings (SSSR count). The Hall–Kier alpha value is -2.17. The average Bonchev–Trinajstić information content (AvgIpc) is 2.88. The highest BCUT2D eigenvalue weighted by molar-refractivity contribution is 7.99. The van der Waals surface area contributed by atoms with Gasteiger partial charge in [-0.05, 0) is 26.0 Å². The summed E-state index contributed by atoms with van der Waals surface area (Å²) >= 11 is 1.87. The molecule has 0 radical (unpaired) electrons. The number of esters is 3. The van der Waals surface area contributed by atoms with Gasteiger partial charge in [-0.25, -0.2) is 9.59 Å². The molecule has 1 unspecified atom stereocenters. The molecule has 0 N–H and O–H groups in total. The van der Waals surface area contributed by atoms with Gasteiger partial charge in [0.2, 0.25) is 0 Å². The lowest BCUT2D eigenvalue weighted by Crippen LogP contribution is -2.35. The summed E-state index contributed by atoms with van der Waals surface area (Å²) in [5.74, 6) is 0.453. The first-order chi connectivity index (χ1) is 18.0. The Balaban J connectivity index is 4.60. The van der Waals surface area contributed by atoms with E-state index in [1.807, 2.05) is 18.7 Å². The van der Waals surface area contributed by atoms with Crippen molar-refractivity contribution >= 4 is 35.5 Å². The van der Waals surface area contributed by atoms with E-state index in [2.05, 4.69) is 25.0 Å². The molecule has 0 fully saturated rings. The lowest BCUT2D eigenvalue weighted by atomic mass is 10.0. The number of rotatable bonds is 24. The van der Waals surface area contributed by atoms with Gasteiger partial charge < -0.3 is 23.8 Å². The average molecular weight is 558 g/mol. The van der Waals surface area contributed by atoms with Crippen LogP contribution in [0.25, 0.3) is 0 Å². The summed E-state index contributed by atoms with van der Waals surface area (Å²) < 4.78 is 20.9. The Morgan fingerprint density at radius 2 is 1.55 bits per heavy atom. The van der Waals surface area contributed by atoms with Gasteiger partial charge in [0.25, 0.3) is 0 Å². The SMILES string of the molecule is C=CC(=O)OCCOCC(C)C(=O)CCN(CCSCCCC)CCC(=O)OC(C)(C)CCOC(=O)C=C. The first-order valence-electron chi connectivity index (χ1n) is 13.2. The fourth-order valence-corrected chi connectivity index (χ4v) is 4.21. The largest absolute Gasteiger partial charge is 0.462 e. The van der Waals surface area contributed by atoms with Crippen LogP contribution in [0.1, 0.15) is 59.8 Å². The summed E-state index contributed by atoms with van der Waals surface area (Å²) in [5, 5.41) is 0. The van der Waals surface area contributed by atoms with Crippen LogP contribution in [-0.4, -0.2) is 91.8 Å². The van der Waals surface area contributed by atoms with Crippen molar-refractivity contribution in [3.05, 3.63) is 25.3 Å². The van der Waals surface area contributed by atoms with Gasteiger partial charge in [0.1, 0.15) is 18.0 Å². The summed E-state index contributed by atoms with van der Waals surface area (Å²) in [6, 6.07) is 0. The maximum atomic E-state index is 12.6. The van der Waals surface area contributed by atoms with Gasteiger partial charge >= 0.3 is 17.9 Å². The van der Waals surface area contributed by atoms with Crippen molar-refractivity contribution in [3.8, 4) is 0 Å². The minimum Gasteiger partial charge on any atom is -0.462 e. The second-order valence-corrected chi connectivity index (χ2v) is 10.7. The summed E-state index contributed by atoms with van der Waals surface area (Å²) in [6.07, 6.45) is 5.42. The van der Waals surface area contributed by atoms with Gasteiger partial charge in [-0.15, -0.1) is 0 Å². The highest BCUT2D eigenvalue weighted by Gasteiger charge is 2.24. The molecule has 0 aliphatic carbocycles. The molecule has 38 heavy (non-hydrogen) atoms. The fourth-order valence-electron chi connectivity index (χ4n) is 3.12. The van der Waals surface area contributed by atoms with Crippen molar-refractivity contribution in [1.82, 2.24) is 4.90 Å². The van der Waals surface area contributed by atoms with E-state index in [0.717, 1.165) is 43.0 Å². The van der Waals surface area contributed by atoms with Gasteiger partial charge in [-0.2, -0.15) is 11.8 Å². The van der Waals surface area contributed by atoms with Crippen LogP contribution in [0.3, 0.4) is 0 Å². The summed E-state index contributed by atoms with van der Waals surface area (Å²) in [6.45, 7) is 16.7. The minimum atomic E-state index is -0.769. The highest BCUT2D eigenvalue weighted by atomic mass is 32.2. The Labute approximate surface area is 232 Å². The molecule has 10 heteroatoms. The molecule has 0 aliphatic rings. The highest BCUT2D eigenvalue weighted by Crippen LogP contribution is 2.16. The smallest absolute Gasteiger partial charge is 0.330 e. The molecular weight excluding hydrogens is 510 g/mol. The summed E-state index contributed by atoms with van der Waals surface area (Å²) in [4.78, 5) is 49.5. The predicted octanol–water partition coefficient (Wildman–Crippen LogP) is 3.99. The molecular formula is C28H47NO8S. The van der Waals surface area contributed by atoms with Crippen LogP contribution >= 0.6 is 11.8 Å². The predicted molar refractivity (Wildman–Crippen MR) is 150 cm³/mol. The summed E-state index contributed by atoms with van der Waals surface area (Å²) in [5.41, 5.74) is -0.769. The number of ether oxygens (including phenoxy) is 4. The molecule has 0 bridgehead atoms. The first kappa shape index (κ1) is 35.8. The molecule has 0 aliphatic heterocycles. The number of hydrogen-bond donors (Lipinski definition) is 0.